The van der Waals surface area contributed by atoms with Crippen LogP contribution in [-0.4, -0.2) is 43.3 Å². The van der Waals surface area contributed by atoms with Crippen molar-refractivity contribution in [2.75, 3.05) is 18.0 Å². The van der Waals surface area contributed by atoms with Crippen LogP contribution >= 0.6 is 0 Å². The minimum absolute atomic E-state index is 0.0294. The highest BCUT2D eigenvalue weighted by Crippen LogP contribution is 2.21. The minimum atomic E-state index is -4.62. The Hall–Kier alpha value is -2.29. The Balaban J connectivity index is 1.92. The van der Waals surface area contributed by atoms with Crippen molar-refractivity contribution in [2.45, 2.75) is 24.7 Å². The highest BCUT2D eigenvalue weighted by Gasteiger charge is 2.40. The first-order valence-corrected chi connectivity index (χ1v) is 7.00. The standard InChI is InChI=1S/C14H17F3N4O2/c15-14(16,17)11(7-18)20-13(23)19-9-6-12(22)21(8-9)10-4-2-1-3-5-10/h1-5,9,11H,6-8,18H2,(H2,19,20,23). The van der Waals surface area contributed by atoms with Crippen molar-refractivity contribution in [3.63, 3.8) is 0 Å². The Morgan fingerprint density at radius 3 is 2.57 bits per heavy atom. The zero-order chi connectivity index (χ0) is 17.0. The number of halogens is 3. The lowest BCUT2D eigenvalue weighted by Gasteiger charge is -2.22. The molecule has 23 heavy (non-hydrogen) atoms. The van der Waals surface area contributed by atoms with Gasteiger partial charge in [0.15, 0.2) is 0 Å². The van der Waals surface area contributed by atoms with Gasteiger partial charge in [-0.25, -0.2) is 4.79 Å². The molecule has 2 unspecified atom stereocenters. The van der Waals surface area contributed by atoms with Gasteiger partial charge in [-0.1, -0.05) is 18.2 Å². The molecule has 1 saturated heterocycles. The molecule has 9 heteroatoms. The van der Waals surface area contributed by atoms with E-state index >= 15 is 0 Å². The van der Waals surface area contributed by atoms with Crippen molar-refractivity contribution < 1.29 is 22.8 Å². The van der Waals surface area contributed by atoms with E-state index in [2.05, 4.69) is 5.32 Å². The monoisotopic (exact) mass is 330 g/mol. The SMILES string of the molecule is NCC(NC(=O)NC1CC(=O)N(c2ccccc2)C1)C(F)(F)F. The molecule has 1 aromatic carbocycles. The Bertz CT molecular complexity index is 565. The summed E-state index contributed by atoms with van der Waals surface area (Å²) in [6.45, 7) is -0.549. The Labute approximate surface area is 130 Å². The largest absolute Gasteiger partial charge is 0.409 e. The molecule has 1 aliphatic heterocycles. The number of amides is 3. The molecule has 0 spiro atoms. The lowest BCUT2D eigenvalue weighted by Crippen LogP contribution is -2.54. The highest BCUT2D eigenvalue weighted by atomic mass is 19.4. The molecular formula is C14H17F3N4O2. The topological polar surface area (TPSA) is 87.5 Å². The van der Waals surface area contributed by atoms with Crippen LogP contribution in [0, 0.1) is 0 Å². The molecule has 0 bridgehead atoms. The maximum Gasteiger partial charge on any atom is 0.409 e. The lowest BCUT2D eigenvalue weighted by molar-refractivity contribution is -0.150. The molecule has 1 fully saturated rings. The van der Waals surface area contributed by atoms with Crippen molar-refractivity contribution in [3.05, 3.63) is 30.3 Å². The number of hydrogen-bond donors (Lipinski definition) is 3. The second-order valence-corrected chi connectivity index (χ2v) is 5.19. The summed E-state index contributed by atoms with van der Waals surface area (Å²) in [5, 5.41) is 4.15. The number of carbonyl (C=O) groups excluding carboxylic acids is 2. The fraction of sp³-hybridized carbons (Fsp3) is 0.429. The van der Waals surface area contributed by atoms with E-state index in [1.165, 1.54) is 4.90 Å². The Morgan fingerprint density at radius 1 is 1.35 bits per heavy atom. The third-order valence-electron chi connectivity index (χ3n) is 3.46. The summed E-state index contributed by atoms with van der Waals surface area (Å²) in [7, 11) is 0. The third-order valence-corrected chi connectivity index (χ3v) is 3.46. The minimum Gasteiger partial charge on any atom is -0.333 e. The van der Waals surface area contributed by atoms with Gasteiger partial charge in [0.25, 0.3) is 0 Å². The molecule has 4 N–H and O–H groups in total. The van der Waals surface area contributed by atoms with Gasteiger partial charge >= 0.3 is 12.2 Å². The van der Waals surface area contributed by atoms with Gasteiger partial charge in [-0.15, -0.1) is 0 Å². The number of nitrogens with one attached hydrogen (secondary N) is 2. The number of alkyl halides is 3. The van der Waals surface area contributed by atoms with Gasteiger partial charge in [0.1, 0.15) is 6.04 Å². The summed E-state index contributed by atoms with van der Waals surface area (Å²) in [6.07, 6.45) is -4.59. The maximum absolute atomic E-state index is 12.6. The fourth-order valence-corrected chi connectivity index (χ4v) is 2.32. The van der Waals surface area contributed by atoms with Crippen molar-refractivity contribution in [3.8, 4) is 0 Å². The van der Waals surface area contributed by atoms with Crippen LogP contribution in [0.3, 0.4) is 0 Å². The summed E-state index contributed by atoms with van der Waals surface area (Å²) in [6, 6.07) is 5.15. The molecule has 6 nitrogen and oxygen atoms in total. The number of rotatable bonds is 4. The van der Waals surface area contributed by atoms with Crippen LogP contribution in [0.1, 0.15) is 6.42 Å². The number of urea groups is 1. The first-order valence-electron chi connectivity index (χ1n) is 7.00. The van der Waals surface area contributed by atoms with Crippen LogP contribution in [0.2, 0.25) is 0 Å². The van der Waals surface area contributed by atoms with E-state index < -0.39 is 30.8 Å². The summed E-state index contributed by atoms with van der Waals surface area (Å²) in [5.41, 5.74) is 5.69. The normalized spacial score (nSPS) is 19.6. The van der Waals surface area contributed by atoms with Gasteiger partial charge in [0.05, 0.1) is 6.04 Å². The first-order chi connectivity index (χ1) is 10.8. The molecule has 1 aliphatic rings. The molecular weight excluding hydrogens is 313 g/mol. The molecule has 0 aromatic heterocycles. The highest BCUT2D eigenvalue weighted by molar-refractivity contribution is 5.96. The van der Waals surface area contributed by atoms with Gasteiger partial charge in [-0.3, -0.25) is 4.79 Å². The average molecular weight is 330 g/mol. The number of nitrogens with two attached hydrogens (primary N) is 1. The Morgan fingerprint density at radius 2 is 2.00 bits per heavy atom. The van der Waals surface area contributed by atoms with Crippen molar-refractivity contribution in [2.24, 2.45) is 5.73 Å². The van der Waals surface area contributed by atoms with Crippen LogP contribution < -0.4 is 21.3 Å². The number of anilines is 1. The molecule has 1 heterocycles. The first kappa shape index (κ1) is 17.1. The van der Waals surface area contributed by atoms with E-state index in [1.807, 2.05) is 0 Å². The summed E-state index contributed by atoms with van der Waals surface area (Å²) < 4.78 is 37.7. The quantitative estimate of drug-likeness (QED) is 0.769. The van der Waals surface area contributed by atoms with Crippen LogP contribution in [0.25, 0.3) is 0 Å². The predicted molar refractivity (Wildman–Crippen MR) is 77.8 cm³/mol. The van der Waals surface area contributed by atoms with E-state index in [1.54, 1.807) is 35.6 Å². The molecule has 2 atom stereocenters. The summed E-state index contributed by atoms with van der Waals surface area (Å²) in [5.74, 6) is -0.201. The molecule has 0 saturated carbocycles. The van der Waals surface area contributed by atoms with Crippen molar-refractivity contribution >= 4 is 17.6 Å². The van der Waals surface area contributed by atoms with Crippen LogP contribution in [0.15, 0.2) is 30.3 Å². The van der Waals surface area contributed by atoms with E-state index in [0.717, 1.165) is 0 Å². The molecule has 126 valence electrons. The van der Waals surface area contributed by atoms with Crippen molar-refractivity contribution in [1.29, 1.82) is 0 Å². The Kier molecular flexibility index (Phi) is 5.09. The summed E-state index contributed by atoms with van der Waals surface area (Å²) in [4.78, 5) is 25.1. The van der Waals surface area contributed by atoms with Gasteiger partial charge in [0, 0.05) is 25.2 Å². The number of nitrogens with zero attached hydrogens (tertiary/aromatic N) is 1. The van der Waals surface area contributed by atoms with Crippen molar-refractivity contribution in [1.82, 2.24) is 10.6 Å². The number of hydrogen-bond acceptors (Lipinski definition) is 3. The number of para-hydroxylation sites is 1. The third kappa shape index (κ3) is 4.35. The lowest BCUT2D eigenvalue weighted by atomic mass is 10.2. The van der Waals surface area contributed by atoms with E-state index in [4.69, 9.17) is 5.73 Å². The second kappa shape index (κ2) is 6.86. The molecule has 3 amide bonds. The number of carbonyl (C=O) groups is 2. The fourth-order valence-electron chi connectivity index (χ4n) is 2.32. The zero-order valence-corrected chi connectivity index (χ0v) is 12.1. The molecule has 0 aliphatic carbocycles. The van der Waals surface area contributed by atoms with Gasteiger partial charge in [-0.2, -0.15) is 13.2 Å². The molecule has 1 aromatic rings. The van der Waals surface area contributed by atoms with Crippen LogP contribution in [0.4, 0.5) is 23.7 Å². The predicted octanol–water partition coefficient (Wildman–Crippen LogP) is 0.981. The average Bonchev–Trinajstić information content (AvgIpc) is 2.85. The van der Waals surface area contributed by atoms with E-state index in [0.29, 0.717) is 5.69 Å². The zero-order valence-electron chi connectivity index (χ0n) is 12.1. The van der Waals surface area contributed by atoms with Crippen LogP contribution in [-0.2, 0) is 4.79 Å². The number of benzene rings is 1. The van der Waals surface area contributed by atoms with E-state index in [9.17, 15) is 22.8 Å². The summed E-state index contributed by atoms with van der Waals surface area (Å²) >= 11 is 0. The molecule has 2 rings (SSSR count). The second-order valence-electron chi connectivity index (χ2n) is 5.19. The van der Waals surface area contributed by atoms with E-state index in [-0.39, 0.29) is 18.9 Å². The maximum atomic E-state index is 12.6. The molecule has 0 radical (unpaired) electrons. The smallest absolute Gasteiger partial charge is 0.333 e. The van der Waals surface area contributed by atoms with Gasteiger partial charge < -0.3 is 21.3 Å². The van der Waals surface area contributed by atoms with Gasteiger partial charge in [0.2, 0.25) is 5.91 Å². The van der Waals surface area contributed by atoms with Crippen LogP contribution in [0.5, 0.6) is 0 Å². The van der Waals surface area contributed by atoms with Gasteiger partial charge in [-0.05, 0) is 12.1 Å².